The van der Waals surface area contributed by atoms with Gasteiger partial charge < -0.3 is 14.9 Å². The van der Waals surface area contributed by atoms with Crippen LogP contribution >= 0.6 is 11.3 Å². The van der Waals surface area contributed by atoms with Gasteiger partial charge in [-0.15, -0.1) is 0 Å². The predicted molar refractivity (Wildman–Crippen MR) is 62.9 cm³/mol. The highest BCUT2D eigenvalue weighted by Gasteiger charge is 2.13. The Morgan fingerprint density at radius 3 is 3.12 bits per heavy atom. The van der Waals surface area contributed by atoms with E-state index in [1.165, 1.54) is 11.3 Å². The Balaban J connectivity index is 1.88. The van der Waals surface area contributed by atoms with Crippen molar-refractivity contribution in [2.75, 3.05) is 6.54 Å². The summed E-state index contributed by atoms with van der Waals surface area (Å²) in [4.78, 5) is 11.6. The van der Waals surface area contributed by atoms with E-state index in [-0.39, 0.29) is 18.1 Å². The minimum atomic E-state index is -0.696. The lowest BCUT2D eigenvalue weighted by Crippen LogP contribution is -2.28. The molecule has 6 heteroatoms. The number of carbonyl (C=O) groups excluding carboxylic acids is 1. The van der Waals surface area contributed by atoms with Gasteiger partial charge in [-0.2, -0.15) is 11.3 Å². The van der Waals surface area contributed by atoms with Crippen molar-refractivity contribution >= 4 is 17.2 Å². The van der Waals surface area contributed by atoms with Gasteiger partial charge >= 0.3 is 0 Å². The maximum Gasteiger partial charge on any atom is 0.273 e. The van der Waals surface area contributed by atoms with E-state index in [4.69, 9.17) is 4.52 Å². The lowest BCUT2D eigenvalue weighted by atomic mass is 10.2. The first kappa shape index (κ1) is 11.8. The second-order valence-electron chi connectivity index (χ2n) is 3.61. The molecule has 17 heavy (non-hydrogen) atoms. The molecule has 2 aromatic heterocycles. The molecule has 0 aliphatic heterocycles. The smallest absolute Gasteiger partial charge is 0.273 e. The molecule has 2 aromatic rings. The lowest BCUT2D eigenvalue weighted by molar-refractivity contribution is 0.0907. The van der Waals surface area contributed by atoms with Gasteiger partial charge in [0.05, 0.1) is 6.10 Å². The van der Waals surface area contributed by atoms with E-state index in [2.05, 4.69) is 10.5 Å². The molecule has 1 atom stereocenters. The fourth-order valence-electron chi connectivity index (χ4n) is 1.34. The number of aromatic nitrogens is 1. The first-order valence-corrected chi connectivity index (χ1v) is 6.03. The van der Waals surface area contributed by atoms with Gasteiger partial charge in [0.25, 0.3) is 5.91 Å². The molecule has 0 aromatic carbocycles. The third-order valence-corrected chi connectivity index (χ3v) is 2.95. The zero-order valence-corrected chi connectivity index (χ0v) is 10.0. The summed E-state index contributed by atoms with van der Waals surface area (Å²) in [6.07, 6.45) is -0.696. The van der Waals surface area contributed by atoms with E-state index in [9.17, 15) is 9.90 Å². The Hall–Kier alpha value is -1.66. The number of hydrogen-bond donors (Lipinski definition) is 2. The van der Waals surface area contributed by atoms with Crippen LogP contribution in [0.5, 0.6) is 0 Å². The molecular weight excluding hydrogens is 240 g/mol. The number of nitrogens with one attached hydrogen (secondary N) is 1. The molecular formula is C11H12N2O3S. The molecule has 0 radical (unpaired) electrons. The monoisotopic (exact) mass is 252 g/mol. The van der Waals surface area contributed by atoms with Gasteiger partial charge in [0.15, 0.2) is 5.69 Å². The normalized spacial score (nSPS) is 12.4. The Kier molecular flexibility index (Phi) is 3.55. The second-order valence-corrected chi connectivity index (χ2v) is 4.39. The number of carbonyl (C=O) groups is 1. The van der Waals surface area contributed by atoms with Crippen LogP contribution in [0.2, 0.25) is 0 Å². The van der Waals surface area contributed by atoms with Crippen LogP contribution in [0.1, 0.15) is 27.9 Å². The van der Waals surface area contributed by atoms with Crippen LogP contribution in [0.15, 0.2) is 27.4 Å². The summed E-state index contributed by atoms with van der Waals surface area (Å²) in [7, 11) is 0. The molecule has 0 saturated carbocycles. The summed E-state index contributed by atoms with van der Waals surface area (Å²) in [6.45, 7) is 1.87. The van der Waals surface area contributed by atoms with Crippen LogP contribution in [0, 0.1) is 6.92 Å². The summed E-state index contributed by atoms with van der Waals surface area (Å²) in [5.74, 6) is 0.227. The standard InChI is InChI=1S/C11H12N2O3S/c1-7-4-9(13-16-7)11(15)12-5-10(14)8-2-3-17-6-8/h2-4,6,10,14H,5H2,1H3,(H,12,15)/t10-/m0/s1. The van der Waals surface area contributed by atoms with Crippen molar-refractivity contribution in [1.82, 2.24) is 10.5 Å². The van der Waals surface area contributed by atoms with E-state index in [1.54, 1.807) is 13.0 Å². The summed E-state index contributed by atoms with van der Waals surface area (Å²) in [5, 5.41) is 19.7. The minimum Gasteiger partial charge on any atom is -0.387 e. The fraction of sp³-hybridized carbons (Fsp3) is 0.273. The molecule has 0 bridgehead atoms. The van der Waals surface area contributed by atoms with Crippen LogP contribution in [0.3, 0.4) is 0 Å². The van der Waals surface area contributed by atoms with Crippen LogP contribution in [-0.2, 0) is 0 Å². The van der Waals surface area contributed by atoms with Crippen molar-refractivity contribution in [1.29, 1.82) is 0 Å². The van der Waals surface area contributed by atoms with Crippen molar-refractivity contribution in [3.8, 4) is 0 Å². The van der Waals surface area contributed by atoms with E-state index in [0.717, 1.165) is 5.56 Å². The molecule has 90 valence electrons. The largest absolute Gasteiger partial charge is 0.387 e. The lowest BCUT2D eigenvalue weighted by Gasteiger charge is -2.09. The fourth-order valence-corrected chi connectivity index (χ4v) is 2.04. The predicted octanol–water partition coefficient (Wildman–Crippen LogP) is 1.51. The molecule has 0 aliphatic rings. The molecule has 2 heterocycles. The Morgan fingerprint density at radius 2 is 2.53 bits per heavy atom. The van der Waals surface area contributed by atoms with E-state index in [1.807, 2.05) is 16.8 Å². The van der Waals surface area contributed by atoms with Crippen molar-refractivity contribution in [2.24, 2.45) is 0 Å². The van der Waals surface area contributed by atoms with Gasteiger partial charge in [-0.25, -0.2) is 0 Å². The molecule has 2 rings (SSSR count). The van der Waals surface area contributed by atoms with Crippen LogP contribution < -0.4 is 5.32 Å². The Morgan fingerprint density at radius 1 is 1.71 bits per heavy atom. The summed E-state index contributed by atoms with van der Waals surface area (Å²) < 4.78 is 4.79. The van der Waals surface area contributed by atoms with E-state index < -0.39 is 6.10 Å². The maximum atomic E-state index is 11.6. The van der Waals surface area contributed by atoms with Gasteiger partial charge in [0, 0.05) is 12.6 Å². The first-order valence-electron chi connectivity index (χ1n) is 5.08. The van der Waals surface area contributed by atoms with Crippen LogP contribution in [0.4, 0.5) is 0 Å². The van der Waals surface area contributed by atoms with Crippen molar-refractivity contribution in [3.63, 3.8) is 0 Å². The molecule has 0 saturated heterocycles. The quantitative estimate of drug-likeness (QED) is 0.864. The van der Waals surface area contributed by atoms with Crippen molar-refractivity contribution in [2.45, 2.75) is 13.0 Å². The number of thiophene rings is 1. The topological polar surface area (TPSA) is 75.4 Å². The SMILES string of the molecule is Cc1cc(C(=O)NC[C@H](O)c2ccsc2)no1. The summed E-state index contributed by atoms with van der Waals surface area (Å²) >= 11 is 1.50. The number of aryl methyl sites for hydroxylation is 1. The van der Waals surface area contributed by atoms with Gasteiger partial charge in [0.2, 0.25) is 0 Å². The number of amides is 1. The highest BCUT2D eigenvalue weighted by molar-refractivity contribution is 7.07. The van der Waals surface area contributed by atoms with E-state index in [0.29, 0.717) is 5.76 Å². The highest BCUT2D eigenvalue weighted by Crippen LogP contribution is 2.15. The summed E-state index contributed by atoms with van der Waals surface area (Å²) in [6, 6.07) is 3.37. The molecule has 2 N–H and O–H groups in total. The zero-order chi connectivity index (χ0) is 12.3. The molecule has 5 nitrogen and oxygen atoms in total. The average molecular weight is 252 g/mol. The van der Waals surface area contributed by atoms with Gasteiger partial charge in [-0.05, 0) is 29.3 Å². The summed E-state index contributed by atoms with van der Waals surface area (Å²) in [5.41, 5.74) is 1.02. The molecule has 0 aliphatic carbocycles. The average Bonchev–Trinajstić information content (AvgIpc) is 2.95. The van der Waals surface area contributed by atoms with Crippen LogP contribution in [-0.4, -0.2) is 22.7 Å². The van der Waals surface area contributed by atoms with Crippen molar-refractivity contribution in [3.05, 3.63) is 39.9 Å². The van der Waals surface area contributed by atoms with Gasteiger partial charge in [0.1, 0.15) is 5.76 Å². The van der Waals surface area contributed by atoms with Gasteiger partial charge in [-0.3, -0.25) is 4.79 Å². The minimum absolute atomic E-state index is 0.154. The van der Waals surface area contributed by atoms with Crippen molar-refractivity contribution < 1.29 is 14.4 Å². The third kappa shape index (κ3) is 2.92. The number of aliphatic hydroxyl groups excluding tert-OH is 1. The Labute approximate surface area is 102 Å². The Bertz CT molecular complexity index is 493. The highest BCUT2D eigenvalue weighted by atomic mass is 32.1. The molecule has 1 amide bonds. The van der Waals surface area contributed by atoms with Crippen LogP contribution in [0.25, 0.3) is 0 Å². The number of hydrogen-bond acceptors (Lipinski definition) is 5. The molecule has 0 unspecified atom stereocenters. The second kappa shape index (κ2) is 5.11. The first-order chi connectivity index (χ1) is 8.16. The number of rotatable bonds is 4. The van der Waals surface area contributed by atoms with E-state index >= 15 is 0 Å². The number of nitrogens with zero attached hydrogens (tertiary/aromatic N) is 1. The number of aliphatic hydroxyl groups is 1. The third-order valence-electron chi connectivity index (χ3n) is 2.24. The van der Waals surface area contributed by atoms with Gasteiger partial charge in [-0.1, -0.05) is 5.16 Å². The maximum absolute atomic E-state index is 11.6. The zero-order valence-electron chi connectivity index (χ0n) is 9.21. The molecule has 0 spiro atoms. The molecule has 0 fully saturated rings.